The van der Waals surface area contributed by atoms with Crippen molar-refractivity contribution in [3.8, 4) is 11.5 Å². The van der Waals surface area contributed by atoms with Crippen molar-refractivity contribution in [2.24, 2.45) is 0 Å². The summed E-state index contributed by atoms with van der Waals surface area (Å²) in [4.78, 5) is 24.4. The highest BCUT2D eigenvalue weighted by Crippen LogP contribution is 2.13. The van der Waals surface area contributed by atoms with Gasteiger partial charge in [0.2, 0.25) is 5.82 Å². The van der Waals surface area contributed by atoms with Crippen LogP contribution < -0.4 is 0 Å². The van der Waals surface area contributed by atoms with Crippen molar-refractivity contribution >= 4 is 11.7 Å². The molecule has 0 saturated carbocycles. The summed E-state index contributed by atoms with van der Waals surface area (Å²) in [5.41, 5.74) is 0.902. The van der Waals surface area contributed by atoms with E-state index in [1.165, 1.54) is 10.7 Å². The molecule has 0 amide bonds. The van der Waals surface area contributed by atoms with Crippen molar-refractivity contribution < 1.29 is 9.53 Å². The predicted octanol–water partition coefficient (Wildman–Crippen LogP) is 1.36. The van der Waals surface area contributed by atoms with Crippen molar-refractivity contribution in [1.82, 2.24) is 24.6 Å². The Kier molecular flexibility index (Phi) is 3.08. The van der Waals surface area contributed by atoms with E-state index in [2.05, 4.69) is 20.1 Å². The molecule has 0 fully saturated rings. The minimum absolute atomic E-state index is 0.284. The van der Waals surface area contributed by atoms with Gasteiger partial charge in [-0.2, -0.15) is 9.50 Å². The van der Waals surface area contributed by atoms with Crippen LogP contribution >= 0.6 is 0 Å². The van der Waals surface area contributed by atoms with Gasteiger partial charge in [-0.1, -0.05) is 6.07 Å². The van der Waals surface area contributed by atoms with Gasteiger partial charge in [0.25, 0.3) is 5.78 Å². The number of nitrogens with zero attached hydrogens (tertiary/aromatic N) is 5. The average molecular weight is 269 g/mol. The summed E-state index contributed by atoms with van der Waals surface area (Å²) in [5.74, 6) is 0.281. The molecule has 0 atom stereocenters. The van der Waals surface area contributed by atoms with Gasteiger partial charge in [0.1, 0.15) is 5.69 Å². The van der Waals surface area contributed by atoms with Crippen molar-refractivity contribution in [2.45, 2.75) is 6.92 Å². The second kappa shape index (κ2) is 5.04. The lowest BCUT2D eigenvalue weighted by molar-refractivity contribution is 0.0516. The Morgan fingerprint density at radius 3 is 2.90 bits per heavy atom. The average Bonchev–Trinajstić information content (AvgIpc) is 2.92. The molecular weight excluding hydrogens is 258 g/mol. The Morgan fingerprint density at radius 2 is 2.15 bits per heavy atom. The van der Waals surface area contributed by atoms with Crippen LogP contribution in [-0.4, -0.2) is 37.1 Å². The lowest BCUT2D eigenvalue weighted by atomic mass is 10.3. The molecule has 0 aliphatic rings. The molecule has 0 bridgehead atoms. The minimum Gasteiger partial charge on any atom is -0.461 e. The highest BCUT2D eigenvalue weighted by Gasteiger charge is 2.16. The van der Waals surface area contributed by atoms with Crippen LogP contribution in [0.5, 0.6) is 0 Å². The highest BCUT2D eigenvalue weighted by atomic mass is 16.5. The van der Waals surface area contributed by atoms with Crippen LogP contribution in [-0.2, 0) is 4.74 Å². The normalized spacial score (nSPS) is 10.7. The van der Waals surface area contributed by atoms with E-state index in [-0.39, 0.29) is 5.69 Å². The van der Waals surface area contributed by atoms with E-state index in [0.717, 1.165) is 0 Å². The highest BCUT2D eigenvalue weighted by molar-refractivity contribution is 5.87. The molecule has 7 heteroatoms. The van der Waals surface area contributed by atoms with E-state index in [1.54, 1.807) is 25.3 Å². The zero-order chi connectivity index (χ0) is 13.9. The van der Waals surface area contributed by atoms with Crippen molar-refractivity contribution in [2.75, 3.05) is 6.61 Å². The standard InChI is InChI=1S/C13H11N5O2/c1-2-20-12(19)10-6-8-15-13-16-11(17-18(10)13)9-5-3-4-7-14-9/h3-8H,2H2,1H3. The lowest BCUT2D eigenvalue weighted by Crippen LogP contribution is -2.11. The number of hydrogen-bond donors (Lipinski definition) is 0. The number of esters is 1. The molecule has 0 aliphatic heterocycles. The SMILES string of the molecule is CCOC(=O)c1ccnc2nc(-c3ccccn3)nn12. The number of aromatic nitrogens is 5. The zero-order valence-electron chi connectivity index (χ0n) is 10.7. The van der Waals surface area contributed by atoms with Gasteiger partial charge < -0.3 is 4.74 Å². The van der Waals surface area contributed by atoms with Crippen LogP contribution in [0.2, 0.25) is 0 Å². The summed E-state index contributed by atoms with van der Waals surface area (Å²) < 4.78 is 6.34. The zero-order valence-corrected chi connectivity index (χ0v) is 10.7. The van der Waals surface area contributed by atoms with E-state index < -0.39 is 5.97 Å². The van der Waals surface area contributed by atoms with Crippen molar-refractivity contribution in [1.29, 1.82) is 0 Å². The first-order valence-corrected chi connectivity index (χ1v) is 6.10. The van der Waals surface area contributed by atoms with E-state index >= 15 is 0 Å². The first-order chi connectivity index (χ1) is 9.79. The molecule has 0 spiro atoms. The summed E-state index contributed by atoms with van der Waals surface area (Å²) in [5, 5.41) is 4.27. The number of ether oxygens (including phenoxy) is 1. The maximum Gasteiger partial charge on any atom is 0.357 e. The fourth-order valence-corrected chi connectivity index (χ4v) is 1.76. The number of pyridine rings is 1. The van der Waals surface area contributed by atoms with Gasteiger partial charge >= 0.3 is 5.97 Å². The summed E-state index contributed by atoms with van der Waals surface area (Å²) in [7, 11) is 0. The molecule has 0 aromatic carbocycles. The van der Waals surface area contributed by atoms with Crippen molar-refractivity contribution in [3.05, 3.63) is 42.4 Å². The third-order valence-corrected chi connectivity index (χ3v) is 2.62. The third-order valence-electron chi connectivity index (χ3n) is 2.62. The maximum absolute atomic E-state index is 11.9. The second-order valence-electron chi connectivity index (χ2n) is 3.91. The molecule has 0 aliphatic carbocycles. The summed E-state index contributed by atoms with van der Waals surface area (Å²) in [6.45, 7) is 2.04. The molecule has 3 rings (SSSR count). The third kappa shape index (κ3) is 2.09. The predicted molar refractivity (Wildman–Crippen MR) is 70.0 cm³/mol. The summed E-state index contributed by atoms with van der Waals surface area (Å²) in [6, 6.07) is 6.98. The molecule has 0 unspecified atom stereocenters. The summed E-state index contributed by atoms with van der Waals surface area (Å²) >= 11 is 0. The van der Waals surface area contributed by atoms with Gasteiger partial charge in [0, 0.05) is 12.4 Å². The Balaban J connectivity index is 2.12. The van der Waals surface area contributed by atoms with Crippen LogP contribution in [0.4, 0.5) is 0 Å². The quantitative estimate of drug-likeness (QED) is 0.668. The van der Waals surface area contributed by atoms with Crippen molar-refractivity contribution in [3.63, 3.8) is 0 Å². The maximum atomic E-state index is 11.9. The van der Waals surface area contributed by atoms with Gasteiger partial charge in [-0.25, -0.2) is 9.78 Å². The van der Waals surface area contributed by atoms with Crippen LogP contribution in [0, 0.1) is 0 Å². The molecule has 7 nitrogen and oxygen atoms in total. The van der Waals surface area contributed by atoms with E-state index in [4.69, 9.17) is 4.74 Å². The fraction of sp³-hybridized carbons (Fsp3) is 0.154. The van der Waals surface area contributed by atoms with E-state index in [1.807, 2.05) is 12.1 Å². The largest absolute Gasteiger partial charge is 0.461 e. The van der Waals surface area contributed by atoms with Crippen LogP contribution in [0.3, 0.4) is 0 Å². The Labute approximate surface area is 114 Å². The van der Waals surface area contributed by atoms with E-state index in [9.17, 15) is 4.79 Å². The molecule has 3 aromatic rings. The van der Waals surface area contributed by atoms with E-state index in [0.29, 0.717) is 23.9 Å². The lowest BCUT2D eigenvalue weighted by Gasteiger charge is -2.02. The number of hydrogen-bond acceptors (Lipinski definition) is 6. The van der Waals surface area contributed by atoms with Gasteiger partial charge in [-0.05, 0) is 25.1 Å². The van der Waals surface area contributed by atoms with Crippen LogP contribution in [0.25, 0.3) is 17.3 Å². The smallest absolute Gasteiger partial charge is 0.357 e. The molecule has 100 valence electrons. The molecule has 0 radical (unpaired) electrons. The van der Waals surface area contributed by atoms with Gasteiger partial charge in [0.15, 0.2) is 5.69 Å². The first kappa shape index (κ1) is 12.2. The molecular formula is C13H11N5O2. The number of carbonyl (C=O) groups is 1. The van der Waals surface area contributed by atoms with Crippen LogP contribution in [0.1, 0.15) is 17.4 Å². The summed E-state index contributed by atoms with van der Waals surface area (Å²) in [6.07, 6.45) is 3.15. The van der Waals surface area contributed by atoms with Gasteiger partial charge in [-0.3, -0.25) is 4.98 Å². The molecule has 0 N–H and O–H groups in total. The fourth-order valence-electron chi connectivity index (χ4n) is 1.76. The molecule has 3 heterocycles. The Morgan fingerprint density at radius 1 is 1.25 bits per heavy atom. The second-order valence-corrected chi connectivity index (χ2v) is 3.91. The Bertz CT molecular complexity index is 754. The van der Waals surface area contributed by atoms with Gasteiger partial charge in [0.05, 0.1) is 6.61 Å². The number of fused-ring (bicyclic) bond motifs is 1. The molecule has 0 saturated heterocycles. The first-order valence-electron chi connectivity index (χ1n) is 6.10. The topological polar surface area (TPSA) is 82.3 Å². The van der Waals surface area contributed by atoms with Crippen LogP contribution in [0.15, 0.2) is 36.7 Å². The number of carbonyl (C=O) groups excluding carboxylic acids is 1. The number of rotatable bonds is 3. The monoisotopic (exact) mass is 269 g/mol. The minimum atomic E-state index is -0.461. The Hall–Kier alpha value is -2.83. The van der Waals surface area contributed by atoms with Gasteiger partial charge in [-0.15, -0.1) is 5.10 Å². The molecule has 20 heavy (non-hydrogen) atoms. The molecule has 3 aromatic heterocycles.